The molecular formula is C28H25IO9. The van der Waals surface area contributed by atoms with Crippen LogP contribution in [-0.2, 0) is 34.1 Å². The van der Waals surface area contributed by atoms with E-state index in [1.165, 1.54) is 18.2 Å². The van der Waals surface area contributed by atoms with Crippen molar-refractivity contribution in [1.29, 1.82) is 0 Å². The monoisotopic (exact) mass is 632 g/mol. The van der Waals surface area contributed by atoms with Crippen molar-refractivity contribution < 1.29 is 43.7 Å². The molecule has 3 aromatic carbocycles. The number of Topliss-reactive ketones (excluding diaryl/α,β-unsaturated/α-hetero) is 1. The number of hydrogen-bond donors (Lipinski definition) is 2. The van der Waals surface area contributed by atoms with Gasteiger partial charge >= 0.3 is 23.9 Å². The maximum atomic E-state index is 13.6. The molecule has 3 rings (SSSR count). The lowest BCUT2D eigenvalue weighted by atomic mass is 9.57. The summed E-state index contributed by atoms with van der Waals surface area (Å²) in [6.07, 6.45) is -0.681. The number of carbonyl (C=O) groups is 5. The Morgan fingerprint density at radius 1 is 0.763 bits per heavy atom. The number of ketones is 1. The van der Waals surface area contributed by atoms with Crippen LogP contribution < -0.4 is 0 Å². The molecule has 1 unspecified atom stereocenters. The molecule has 0 radical (unpaired) electrons. The Hall–Kier alpha value is -3.80. The van der Waals surface area contributed by atoms with Crippen molar-refractivity contribution in [3.05, 3.63) is 81.4 Å². The number of fused-ring (bicyclic) bond motifs is 1. The van der Waals surface area contributed by atoms with Gasteiger partial charge in [0, 0.05) is 29.4 Å². The van der Waals surface area contributed by atoms with Gasteiger partial charge in [-0.05, 0) is 51.1 Å². The average Bonchev–Trinajstić information content (AvgIpc) is 2.86. The minimum Gasteiger partial charge on any atom is -0.480 e. The third-order valence-electron chi connectivity index (χ3n) is 6.49. The minimum absolute atomic E-state index is 0.119. The highest BCUT2D eigenvalue weighted by Gasteiger charge is 2.65. The summed E-state index contributed by atoms with van der Waals surface area (Å²) < 4.78 is 11.1. The predicted molar refractivity (Wildman–Crippen MR) is 145 cm³/mol. The van der Waals surface area contributed by atoms with Gasteiger partial charge in [0.1, 0.15) is 13.2 Å². The Morgan fingerprint density at radius 2 is 1.32 bits per heavy atom. The van der Waals surface area contributed by atoms with Crippen LogP contribution in [0.4, 0.5) is 0 Å². The van der Waals surface area contributed by atoms with E-state index in [4.69, 9.17) is 9.47 Å². The highest BCUT2D eigenvalue weighted by Crippen LogP contribution is 2.48. The lowest BCUT2D eigenvalue weighted by molar-refractivity contribution is -0.183. The molecule has 0 heterocycles. The van der Waals surface area contributed by atoms with Gasteiger partial charge in [-0.25, -0.2) is 0 Å². The summed E-state index contributed by atoms with van der Waals surface area (Å²) in [7, 11) is 0. The SMILES string of the molecule is CC(=O)OCC(C(=O)O)(C(=O)O)C(COC(C)=O)(CC(=O)c1ccc(I)cc1)c1ccc2ccccc2c1. The second-order valence-corrected chi connectivity index (χ2v) is 10.1. The maximum Gasteiger partial charge on any atom is 0.325 e. The number of carbonyl (C=O) groups excluding carboxylic acids is 3. The fraction of sp³-hybridized carbons (Fsp3) is 0.250. The topological polar surface area (TPSA) is 144 Å². The average molecular weight is 632 g/mol. The molecule has 0 aliphatic carbocycles. The van der Waals surface area contributed by atoms with Gasteiger partial charge in [0.15, 0.2) is 5.78 Å². The zero-order chi connectivity index (χ0) is 28.1. The number of hydrogen-bond acceptors (Lipinski definition) is 7. The number of aliphatic carboxylic acids is 2. The summed E-state index contributed by atoms with van der Waals surface area (Å²) in [5.74, 6) is -6.03. The molecule has 2 N–H and O–H groups in total. The van der Waals surface area contributed by atoms with Crippen LogP contribution in [-0.4, -0.2) is 53.1 Å². The number of carboxylic acids is 2. The van der Waals surface area contributed by atoms with E-state index < -0.39 is 60.1 Å². The Bertz CT molecular complexity index is 1380. The molecule has 0 aliphatic rings. The molecule has 9 nitrogen and oxygen atoms in total. The first-order valence-electron chi connectivity index (χ1n) is 11.4. The first-order valence-corrected chi connectivity index (χ1v) is 12.5. The molecule has 0 spiro atoms. The number of rotatable bonds is 11. The summed E-state index contributed by atoms with van der Waals surface area (Å²) in [5, 5.41) is 22.4. The highest BCUT2D eigenvalue weighted by molar-refractivity contribution is 14.1. The molecule has 38 heavy (non-hydrogen) atoms. The summed E-state index contributed by atoms with van der Waals surface area (Å²) in [5.41, 5.74) is -4.77. The molecule has 0 aromatic heterocycles. The summed E-state index contributed by atoms with van der Waals surface area (Å²) in [4.78, 5) is 63.3. The van der Waals surface area contributed by atoms with Gasteiger partial charge in [0.25, 0.3) is 0 Å². The lowest BCUT2D eigenvalue weighted by Crippen LogP contribution is -2.62. The second-order valence-electron chi connectivity index (χ2n) is 8.83. The normalized spacial score (nSPS) is 12.8. The zero-order valence-corrected chi connectivity index (χ0v) is 22.8. The minimum atomic E-state index is -2.91. The third kappa shape index (κ3) is 5.69. The Labute approximate surface area is 231 Å². The van der Waals surface area contributed by atoms with E-state index in [-0.39, 0.29) is 11.1 Å². The van der Waals surface area contributed by atoms with Crippen molar-refractivity contribution in [2.45, 2.75) is 25.7 Å². The van der Waals surface area contributed by atoms with Gasteiger partial charge in [-0.15, -0.1) is 0 Å². The molecule has 3 aromatic rings. The molecule has 198 valence electrons. The number of esters is 2. The molecule has 0 saturated heterocycles. The maximum absolute atomic E-state index is 13.6. The van der Waals surface area contributed by atoms with E-state index in [9.17, 15) is 34.2 Å². The summed E-state index contributed by atoms with van der Waals surface area (Å²) in [6.45, 7) is 0.202. The van der Waals surface area contributed by atoms with Gasteiger partial charge in [0.2, 0.25) is 5.41 Å². The zero-order valence-electron chi connectivity index (χ0n) is 20.6. The second kappa shape index (κ2) is 11.7. The highest BCUT2D eigenvalue weighted by atomic mass is 127. The van der Waals surface area contributed by atoms with Crippen molar-refractivity contribution in [3.8, 4) is 0 Å². The fourth-order valence-electron chi connectivity index (χ4n) is 4.45. The van der Waals surface area contributed by atoms with E-state index in [1.807, 2.05) is 6.07 Å². The fourth-order valence-corrected chi connectivity index (χ4v) is 4.81. The molecule has 0 amide bonds. The molecule has 1 atom stereocenters. The lowest BCUT2D eigenvalue weighted by Gasteiger charge is -2.44. The summed E-state index contributed by atoms with van der Waals surface area (Å²) in [6, 6.07) is 18.3. The van der Waals surface area contributed by atoms with Gasteiger partial charge in [-0.3, -0.25) is 24.0 Å². The van der Waals surface area contributed by atoms with Crippen LogP contribution in [0, 0.1) is 8.99 Å². The largest absolute Gasteiger partial charge is 0.480 e. The van der Waals surface area contributed by atoms with Crippen molar-refractivity contribution in [2.75, 3.05) is 13.2 Å². The smallest absolute Gasteiger partial charge is 0.325 e. The van der Waals surface area contributed by atoms with E-state index in [1.54, 1.807) is 42.5 Å². The van der Waals surface area contributed by atoms with Crippen molar-refractivity contribution in [2.24, 2.45) is 5.41 Å². The van der Waals surface area contributed by atoms with Crippen LogP contribution in [0.15, 0.2) is 66.7 Å². The Balaban J connectivity index is 2.39. The molecule has 10 heteroatoms. The number of ether oxygens (including phenoxy) is 2. The Morgan fingerprint density at radius 3 is 1.87 bits per heavy atom. The first-order chi connectivity index (χ1) is 17.9. The van der Waals surface area contributed by atoms with E-state index in [0.717, 1.165) is 22.8 Å². The molecule has 0 bridgehead atoms. The number of benzene rings is 3. The van der Waals surface area contributed by atoms with E-state index in [0.29, 0.717) is 5.39 Å². The van der Waals surface area contributed by atoms with Crippen LogP contribution in [0.3, 0.4) is 0 Å². The van der Waals surface area contributed by atoms with Crippen LogP contribution in [0.2, 0.25) is 0 Å². The van der Waals surface area contributed by atoms with E-state index in [2.05, 4.69) is 22.6 Å². The first kappa shape index (κ1) is 28.8. The van der Waals surface area contributed by atoms with Crippen LogP contribution in [0.1, 0.15) is 36.2 Å². The molecular weight excluding hydrogens is 607 g/mol. The summed E-state index contributed by atoms with van der Waals surface area (Å²) >= 11 is 2.06. The van der Waals surface area contributed by atoms with E-state index >= 15 is 0 Å². The predicted octanol–water partition coefficient (Wildman–Crippen LogP) is 4.24. The van der Waals surface area contributed by atoms with Crippen LogP contribution >= 0.6 is 22.6 Å². The molecule has 0 aliphatic heterocycles. The number of carboxylic acid groups (broad SMARTS) is 2. The number of halogens is 1. The van der Waals surface area contributed by atoms with Crippen LogP contribution in [0.25, 0.3) is 10.8 Å². The molecule has 0 fully saturated rings. The third-order valence-corrected chi connectivity index (χ3v) is 7.21. The standard InChI is InChI=1S/C28H25IO9/c1-17(30)37-15-27(14-24(32)20-8-11-23(29)12-9-20,22-10-7-19-5-3-4-6-21(19)13-22)28(25(33)34,26(35)36)16-38-18(2)31/h3-13H,14-16H2,1-2H3,(H,33,34)(H,35,36). The van der Waals surface area contributed by atoms with Gasteiger partial charge in [-0.2, -0.15) is 0 Å². The quantitative estimate of drug-likeness (QED) is 0.137. The Kier molecular flexibility index (Phi) is 8.87. The van der Waals surface area contributed by atoms with Gasteiger partial charge < -0.3 is 19.7 Å². The van der Waals surface area contributed by atoms with Crippen LogP contribution in [0.5, 0.6) is 0 Å². The van der Waals surface area contributed by atoms with Crippen molar-refractivity contribution in [3.63, 3.8) is 0 Å². The van der Waals surface area contributed by atoms with Crippen molar-refractivity contribution >= 4 is 63.0 Å². The van der Waals surface area contributed by atoms with Crippen molar-refractivity contribution in [1.82, 2.24) is 0 Å². The van der Waals surface area contributed by atoms with Gasteiger partial charge in [-0.1, -0.05) is 54.6 Å². The molecule has 0 saturated carbocycles. The van der Waals surface area contributed by atoms with Gasteiger partial charge in [0.05, 0.1) is 5.41 Å².